The lowest BCUT2D eigenvalue weighted by molar-refractivity contribution is -0.193. The first kappa shape index (κ1) is 26.5. The maximum Gasteiger partial charge on any atom is 0.490 e. The van der Waals surface area contributed by atoms with Crippen molar-refractivity contribution in [1.29, 1.82) is 0 Å². The van der Waals surface area contributed by atoms with Gasteiger partial charge in [-0.2, -0.15) is 13.2 Å². The van der Waals surface area contributed by atoms with Crippen LogP contribution < -0.4 is 5.73 Å². The molecule has 7 nitrogen and oxygen atoms in total. The number of carboxylic acids is 1. The van der Waals surface area contributed by atoms with Crippen molar-refractivity contribution in [3.8, 4) is 0 Å². The molecule has 1 saturated heterocycles. The molecule has 1 aromatic carbocycles. The fourth-order valence-corrected chi connectivity index (χ4v) is 3.66. The molecular weight excluding hydrogens is 451 g/mol. The topological polar surface area (TPSA) is 108 Å². The molecule has 0 bridgehead atoms. The maximum absolute atomic E-state index is 11.6. The van der Waals surface area contributed by atoms with Gasteiger partial charge < -0.3 is 25.1 Å². The number of methoxy groups -OCH3 is 1. The molecule has 1 aliphatic heterocycles. The molecule has 0 amide bonds. The van der Waals surface area contributed by atoms with E-state index in [4.69, 9.17) is 41.4 Å². The fourth-order valence-electron chi connectivity index (χ4n) is 2.56. The van der Waals surface area contributed by atoms with Crippen molar-refractivity contribution in [3.05, 3.63) is 29.3 Å². The quantitative estimate of drug-likeness (QED) is 0.479. The van der Waals surface area contributed by atoms with Crippen molar-refractivity contribution < 1.29 is 42.1 Å². The van der Waals surface area contributed by atoms with Gasteiger partial charge in [0, 0.05) is 28.7 Å². The number of aliphatic carboxylic acids is 1. The molecule has 12 heteroatoms. The van der Waals surface area contributed by atoms with E-state index in [2.05, 4.69) is 0 Å². The monoisotopic (exact) mass is 473 g/mol. The van der Waals surface area contributed by atoms with Gasteiger partial charge >= 0.3 is 18.1 Å². The number of thioether (sulfide) groups is 1. The lowest BCUT2D eigenvalue weighted by Crippen LogP contribution is -2.53. The van der Waals surface area contributed by atoms with Gasteiger partial charge in [-0.25, -0.2) is 4.79 Å². The van der Waals surface area contributed by atoms with Crippen molar-refractivity contribution in [2.24, 2.45) is 11.7 Å². The Labute approximate surface area is 181 Å². The minimum absolute atomic E-state index is 0.146. The van der Waals surface area contributed by atoms with E-state index in [0.717, 1.165) is 4.90 Å². The van der Waals surface area contributed by atoms with Gasteiger partial charge in [0.05, 0.1) is 13.2 Å². The Balaban J connectivity index is 0.000000553. The van der Waals surface area contributed by atoms with Crippen LogP contribution >= 0.6 is 23.4 Å². The van der Waals surface area contributed by atoms with E-state index in [-0.39, 0.29) is 24.7 Å². The summed E-state index contributed by atoms with van der Waals surface area (Å²) < 4.78 is 48.6. The third-order valence-corrected chi connectivity index (χ3v) is 5.35. The normalized spacial score (nSPS) is 23.8. The summed E-state index contributed by atoms with van der Waals surface area (Å²) in [5.74, 6) is -2.41. The van der Waals surface area contributed by atoms with Crippen LogP contribution in [-0.4, -0.2) is 67.5 Å². The Kier molecular flexibility index (Phi) is 10.9. The van der Waals surface area contributed by atoms with E-state index in [9.17, 15) is 18.0 Å². The van der Waals surface area contributed by atoms with Gasteiger partial charge in [-0.05, 0) is 24.3 Å². The highest BCUT2D eigenvalue weighted by Crippen LogP contribution is 2.30. The molecule has 0 aliphatic carbocycles. The Bertz CT molecular complexity index is 691. The molecule has 0 radical (unpaired) electrons. The Morgan fingerprint density at radius 2 is 1.87 bits per heavy atom. The van der Waals surface area contributed by atoms with Gasteiger partial charge in [0.1, 0.15) is 12.2 Å². The van der Waals surface area contributed by atoms with E-state index in [1.165, 1.54) is 0 Å². The molecule has 1 heterocycles. The highest BCUT2D eigenvalue weighted by Gasteiger charge is 2.41. The molecule has 0 spiro atoms. The molecule has 1 fully saturated rings. The molecule has 170 valence electrons. The van der Waals surface area contributed by atoms with Crippen LogP contribution in [0.5, 0.6) is 0 Å². The maximum atomic E-state index is 11.6. The number of hydrogen-bond donors (Lipinski definition) is 2. The van der Waals surface area contributed by atoms with E-state index in [1.807, 2.05) is 31.2 Å². The zero-order chi connectivity index (χ0) is 22.9. The van der Waals surface area contributed by atoms with Crippen LogP contribution in [0.4, 0.5) is 13.2 Å². The zero-order valence-corrected chi connectivity index (χ0v) is 17.8. The number of nitrogens with two attached hydrogens (primary N) is 1. The molecule has 4 atom stereocenters. The number of benzene rings is 1. The van der Waals surface area contributed by atoms with Gasteiger partial charge in [-0.15, -0.1) is 11.8 Å². The van der Waals surface area contributed by atoms with Gasteiger partial charge in [0.25, 0.3) is 0 Å². The third kappa shape index (κ3) is 8.68. The van der Waals surface area contributed by atoms with E-state index in [1.54, 1.807) is 18.9 Å². The number of carboxylic acid groups (broad SMARTS) is 1. The number of ether oxygens (including phenoxy) is 3. The highest BCUT2D eigenvalue weighted by molar-refractivity contribution is 7.99. The van der Waals surface area contributed by atoms with Crippen molar-refractivity contribution in [2.45, 2.75) is 36.3 Å². The van der Waals surface area contributed by atoms with Crippen LogP contribution in [0.15, 0.2) is 29.2 Å². The van der Waals surface area contributed by atoms with Crippen molar-refractivity contribution >= 4 is 35.3 Å². The molecule has 3 N–H and O–H groups in total. The number of esters is 1. The van der Waals surface area contributed by atoms with Gasteiger partial charge in [0.15, 0.2) is 6.10 Å². The second-order valence-corrected chi connectivity index (χ2v) is 7.81. The summed E-state index contributed by atoms with van der Waals surface area (Å²) in [6.07, 6.45) is -5.98. The van der Waals surface area contributed by atoms with E-state index < -0.39 is 24.2 Å². The Morgan fingerprint density at radius 1 is 1.30 bits per heavy atom. The largest absolute Gasteiger partial charge is 0.490 e. The van der Waals surface area contributed by atoms with Crippen LogP contribution in [0.1, 0.15) is 6.92 Å². The molecule has 1 aromatic rings. The Hall–Kier alpha value is -1.53. The lowest BCUT2D eigenvalue weighted by Gasteiger charge is -2.40. The summed E-state index contributed by atoms with van der Waals surface area (Å²) in [6, 6.07) is 7.59. The number of halogens is 4. The molecule has 0 unspecified atom stereocenters. The lowest BCUT2D eigenvalue weighted by atomic mass is 9.94. The first-order valence-corrected chi connectivity index (χ1v) is 10.1. The van der Waals surface area contributed by atoms with E-state index >= 15 is 0 Å². The van der Waals surface area contributed by atoms with Crippen LogP contribution in [0, 0.1) is 5.92 Å². The standard InChI is InChI=1S/C16H22ClNO4S.C2HF3O2/c1-10-8-21-13(9-23-12-5-3-11(17)4-6-12)16(15(10)20-2)22-14(19)7-18;3-2(4,5)1(6)7/h3-6,10,13,15-16H,7-9,18H2,1-2H3;(H,6,7)/t10-,13-,15-,16-;/m0./s1. The number of rotatable bonds is 6. The predicted octanol–water partition coefficient (Wildman–Crippen LogP) is 2.99. The van der Waals surface area contributed by atoms with Crippen molar-refractivity contribution in [2.75, 3.05) is 26.0 Å². The van der Waals surface area contributed by atoms with Gasteiger partial charge in [-0.1, -0.05) is 18.5 Å². The molecule has 1 aliphatic rings. The molecule has 30 heavy (non-hydrogen) atoms. The SMILES string of the molecule is CO[C@@H]1[C@@H](OC(=O)CN)[C@H](CSc2ccc(Cl)cc2)OC[C@@H]1C.O=C(O)C(F)(F)F. The summed E-state index contributed by atoms with van der Waals surface area (Å²) >= 11 is 7.52. The number of carbonyl (C=O) groups excluding carboxylic acids is 1. The zero-order valence-electron chi connectivity index (χ0n) is 16.2. The summed E-state index contributed by atoms with van der Waals surface area (Å²) in [5, 5.41) is 7.83. The molecule has 0 aromatic heterocycles. The summed E-state index contributed by atoms with van der Waals surface area (Å²) in [4.78, 5) is 21.6. The molecular formula is C18H23ClF3NO6S. The average molecular weight is 474 g/mol. The highest BCUT2D eigenvalue weighted by atomic mass is 35.5. The summed E-state index contributed by atoms with van der Waals surface area (Å²) in [5.41, 5.74) is 5.36. The Morgan fingerprint density at radius 3 is 2.33 bits per heavy atom. The molecule has 2 rings (SSSR count). The van der Waals surface area contributed by atoms with Gasteiger partial charge in [-0.3, -0.25) is 4.79 Å². The van der Waals surface area contributed by atoms with Crippen LogP contribution in [0.25, 0.3) is 0 Å². The van der Waals surface area contributed by atoms with Crippen LogP contribution in [0.2, 0.25) is 5.02 Å². The third-order valence-electron chi connectivity index (χ3n) is 4.00. The minimum Gasteiger partial charge on any atom is -0.475 e. The van der Waals surface area contributed by atoms with E-state index in [0.29, 0.717) is 17.4 Å². The van der Waals surface area contributed by atoms with Crippen LogP contribution in [-0.2, 0) is 23.8 Å². The smallest absolute Gasteiger partial charge is 0.475 e. The number of alkyl halides is 3. The second-order valence-electron chi connectivity index (χ2n) is 6.28. The minimum atomic E-state index is -5.08. The summed E-state index contributed by atoms with van der Waals surface area (Å²) in [6.45, 7) is 2.43. The first-order valence-electron chi connectivity index (χ1n) is 8.72. The van der Waals surface area contributed by atoms with Crippen LogP contribution in [0.3, 0.4) is 0 Å². The number of hydrogen-bond acceptors (Lipinski definition) is 7. The molecule has 0 saturated carbocycles. The fraction of sp³-hybridized carbons (Fsp3) is 0.556. The second kappa shape index (κ2) is 12.4. The van der Waals surface area contributed by atoms with Gasteiger partial charge in [0.2, 0.25) is 0 Å². The average Bonchev–Trinajstić information content (AvgIpc) is 2.68. The number of carbonyl (C=O) groups is 2. The first-order chi connectivity index (χ1) is 14.0. The summed E-state index contributed by atoms with van der Waals surface area (Å²) in [7, 11) is 1.62. The predicted molar refractivity (Wildman–Crippen MR) is 105 cm³/mol. The van der Waals surface area contributed by atoms with Crippen molar-refractivity contribution in [1.82, 2.24) is 0 Å². The van der Waals surface area contributed by atoms with Crippen molar-refractivity contribution in [3.63, 3.8) is 0 Å².